The Morgan fingerprint density at radius 2 is 2.29 bits per heavy atom. The monoisotopic (exact) mass is 223 g/mol. The van der Waals surface area contributed by atoms with E-state index in [4.69, 9.17) is 11.6 Å². The summed E-state index contributed by atoms with van der Waals surface area (Å²) < 4.78 is 1.30. The predicted molar refractivity (Wildman–Crippen MR) is 65.3 cm³/mol. The average molecular weight is 224 g/mol. The summed E-state index contributed by atoms with van der Waals surface area (Å²) in [5, 5.41) is 6.71. The minimum atomic E-state index is 0.764. The number of thiophene rings is 1. The second kappa shape index (κ2) is 4.49. The quantitative estimate of drug-likeness (QED) is 0.827. The van der Waals surface area contributed by atoms with E-state index in [0.717, 1.165) is 6.54 Å². The summed E-state index contributed by atoms with van der Waals surface area (Å²) in [6, 6.07) is 8.39. The number of hydrogen-bond donors (Lipinski definition) is 1. The summed E-state index contributed by atoms with van der Waals surface area (Å²) in [7, 11) is 0. The maximum absolute atomic E-state index is 5.45. The first-order valence-electron chi connectivity index (χ1n) is 4.37. The molecule has 72 valence electrons. The van der Waals surface area contributed by atoms with E-state index < -0.39 is 0 Å². The first-order chi connectivity index (χ1) is 6.92. The molecule has 0 saturated carbocycles. The lowest BCUT2D eigenvalue weighted by Crippen LogP contribution is -1.97. The third kappa shape index (κ3) is 1.91. The highest BCUT2D eigenvalue weighted by Crippen LogP contribution is 2.28. The van der Waals surface area contributed by atoms with Crippen molar-refractivity contribution in [3.63, 3.8) is 0 Å². The number of halogens is 1. The minimum absolute atomic E-state index is 0.764. The molecular formula is C11H10ClNS. The van der Waals surface area contributed by atoms with Gasteiger partial charge in [-0.15, -0.1) is 11.3 Å². The van der Waals surface area contributed by atoms with Crippen LogP contribution in [0.1, 0.15) is 0 Å². The van der Waals surface area contributed by atoms with Crippen molar-refractivity contribution in [2.75, 3.05) is 11.9 Å². The number of anilines is 1. The van der Waals surface area contributed by atoms with Crippen molar-refractivity contribution in [2.24, 2.45) is 0 Å². The van der Waals surface area contributed by atoms with Crippen LogP contribution in [0.15, 0.2) is 41.3 Å². The predicted octanol–water partition coefficient (Wildman–Crippen LogP) is 4.07. The molecule has 1 nitrogen and oxygen atoms in total. The third-order valence-electron chi connectivity index (χ3n) is 1.98. The minimum Gasteiger partial charge on any atom is -0.380 e. The van der Waals surface area contributed by atoms with Crippen LogP contribution >= 0.6 is 22.9 Å². The fourth-order valence-corrected chi connectivity index (χ4v) is 2.32. The first-order valence-corrected chi connectivity index (χ1v) is 5.69. The van der Waals surface area contributed by atoms with Crippen LogP contribution in [0.2, 0.25) is 0 Å². The molecule has 1 heterocycles. The zero-order valence-corrected chi connectivity index (χ0v) is 9.11. The molecule has 1 aromatic heterocycles. The topological polar surface area (TPSA) is 12.0 Å². The Labute approximate surface area is 92.0 Å². The molecule has 14 heavy (non-hydrogen) atoms. The zero-order valence-electron chi connectivity index (χ0n) is 7.53. The van der Waals surface area contributed by atoms with Crippen LogP contribution < -0.4 is 5.32 Å². The highest BCUT2D eigenvalue weighted by atomic mass is 35.5. The molecule has 1 N–H and O–H groups in total. The van der Waals surface area contributed by atoms with Crippen molar-refractivity contribution in [1.29, 1.82) is 0 Å². The Balaban J connectivity index is 2.27. The van der Waals surface area contributed by atoms with Gasteiger partial charge < -0.3 is 5.32 Å². The summed E-state index contributed by atoms with van der Waals surface area (Å²) in [6.07, 6.45) is 1.88. The van der Waals surface area contributed by atoms with Gasteiger partial charge in [-0.2, -0.15) is 0 Å². The molecule has 0 amide bonds. The Kier molecular flexibility index (Phi) is 3.07. The van der Waals surface area contributed by atoms with Gasteiger partial charge >= 0.3 is 0 Å². The maximum Gasteiger partial charge on any atom is 0.0574 e. The van der Waals surface area contributed by atoms with E-state index in [1.165, 1.54) is 21.3 Å². The van der Waals surface area contributed by atoms with Gasteiger partial charge in [-0.25, -0.2) is 0 Å². The molecule has 0 fully saturated rings. The normalized spacial score (nSPS) is 11.2. The smallest absolute Gasteiger partial charge is 0.0574 e. The second-order valence-electron chi connectivity index (χ2n) is 2.89. The fraction of sp³-hybridized carbons (Fsp3) is 0.0909. The Bertz CT molecular complexity index is 447. The lowest BCUT2D eigenvalue weighted by molar-refractivity contribution is 1.36. The molecule has 0 atom stereocenters. The van der Waals surface area contributed by atoms with Gasteiger partial charge in [0.2, 0.25) is 0 Å². The van der Waals surface area contributed by atoms with Crippen LogP contribution in [0.25, 0.3) is 10.1 Å². The van der Waals surface area contributed by atoms with E-state index in [0.29, 0.717) is 0 Å². The number of nitrogens with one attached hydrogen (secondary N) is 1. The summed E-state index contributed by atoms with van der Waals surface area (Å²) >= 11 is 7.20. The molecule has 0 aliphatic rings. The van der Waals surface area contributed by atoms with Crippen LogP contribution in [-0.4, -0.2) is 6.54 Å². The van der Waals surface area contributed by atoms with E-state index in [9.17, 15) is 0 Å². The second-order valence-corrected chi connectivity index (χ2v) is 4.06. The molecule has 2 rings (SSSR count). The first kappa shape index (κ1) is 9.56. The Morgan fingerprint density at radius 1 is 1.36 bits per heavy atom. The highest BCUT2D eigenvalue weighted by molar-refractivity contribution is 7.17. The van der Waals surface area contributed by atoms with Gasteiger partial charge in [0.1, 0.15) is 0 Å². The summed E-state index contributed by atoms with van der Waals surface area (Å²) in [5.41, 5.74) is 2.70. The van der Waals surface area contributed by atoms with Crippen molar-refractivity contribution in [2.45, 2.75) is 0 Å². The number of benzene rings is 1. The van der Waals surface area contributed by atoms with Gasteiger partial charge in [-0.3, -0.25) is 0 Å². The van der Waals surface area contributed by atoms with Crippen LogP contribution in [0.5, 0.6) is 0 Å². The van der Waals surface area contributed by atoms with Crippen LogP contribution in [0.3, 0.4) is 0 Å². The molecule has 0 aliphatic heterocycles. The summed E-state index contributed by atoms with van der Waals surface area (Å²) in [5.74, 6) is 0. The van der Waals surface area contributed by atoms with Gasteiger partial charge in [0, 0.05) is 12.1 Å². The lowest BCUT2D eigenvalue weighted by atomic mass is 10.2. The van der Waals surface area contributed by atoms with E-state index in [1.54, 1.807) is 11.3 Å². The van der Waals surface area contributed by atoms with Crippen LogP contribution in [0.4, 0.5) is 5.69 Å². The van der Waals surface area contributed by atoms with Gasteiger partial charge in [0.05, 0.1) is 10.4 Å². The fourth-order valence-electron chi connectivity index (χ4n) is 1.35. The number of rotatable bonds is 3. The van der Waals surface area contributed by atoms with E-state index in [1.807, 2.05) is 6.08 Å². The molecule has 1 aromatic carbocycles. The molecular weight excluding hydrogens is 214 g/mol. The molecule has 0 unspecified atom stereocenters. The van der Waals surface area contributed by atoms with E-state index >= 15 is 0 Å². The molecule has 0 spiro atoms. The standard InChI is InChI=1S/C11H10ClNS/c12-6-2-7-13-10-4-1-3-9-5-8-14-11(9)10/h1-6,8,13H,7H2/b6-2+. The highest BCUT2D eigenvalue weighted by Gasteiger charge is 1.99. The zero-order chi connectivity index (χ0) is 9.80. The van der Waals surface area contributed by atoms with Crippen molar-refractivity contribution < 1.29 is 0 Å². The van der Waals surface area contributed by atoms with Crippen LogP contribution in [-0.2, 0) is 0 Å². The lowest BCUT2D eigenvalue weighted by Gasteiger charge is -2.03. The molecule has 0 radical (unpaired) electrons. The third-order valence-corrected chi connectivity index (χ3v) is 3.12. The van der Waals surface area contributed by atoms with Crippen molar-refractivity contribution in [3.8, 4) is 0 Å². The summed E-state index contributed by atoms with van der Waals surface area (Å²) in [6.45, 7) is 0.764. The van der Waals surface area contributed by atoms with Crippen molar-refractivity contribution in [1.82, 2.24) is 0 Å². The largest absolute Gasteiger partial charge is 0.380 e. The Hall–Kier alpha value is -0.990. The molecule has 0 bridgehead atoms. The maximum atomic E-state index is 5.45. The average Bonchev–Trinajstić information content (AvgIpc) is 2.67. The molecule has 3 heteroatoms. The van der Waals surface area contributed by atoms with Crippen molar-refractivity contribution in [3.05, 3.63) is 41.3 Å². The Morgan fingerprint density at radius 3 is 3.14 bits per heavy atom. The number of hydrogen-bond acceptors (Lipinski definition) is 2. The van der Waals surface area contributed by atoms with Crippen LogP contribution in [0, 0.1) is 0 Å². The SMILES string of the molecule is Cl/C=C/CNc1cccc2ccsc12. The number of fused-ring (bicyclic) bond motifs is 1. The molecule has 2 aromatic rings. The molecule has 0 aliphatic carbocycles. The van der Waals surface area contributed by atoms with Gasteiger partial charge in [-0.1, -0.05) is 29.8 Å². The van der Waals surface area contributed by atoms with E-state index in [-0.39, 0.29) is 0 Å². The summed E-state index contributed by atoms with van der Waals surface area (Å²) in [4.78, 5) is 0. The molecule has 0 saturated heterocycles. The van der Waals surface area contributed by atoms with Gasteiger partial charge in [0.25, 0.3) is 0 Å². The van der Waals surface area contributed by atoms with Crippen molar-refractivity contribution >= 4 is 38.7 Å². The van der Waals surface area contributed by atoms with Gasteiger partial charge in [0.15, 0.2) is 0 Å². The van der Waals surface area contributed by atoms with E-state index in [2.05, 4.69) is 35.0 Å². The van der Waals surface area contributed by atoms with Gasteiger partial charge in [-0.05, 0) is 22.9 Å².